The summed E-state index contributed by atoms with van der Waals surface area (Å²) in [6.07, 6.45) is 0. The SMILES string of the molecule is CCOc1cccc(C2NC(=S)N(c3ccc4c(c3)OCCO4)C(C)=C2C(=O)OC)c1OC. The summed E-state index contributed by atoms with van der Waals surface area (Å²) in [4.78, 5) is 14.8. The van der Waals surface area contributed by atoms with Gasteiger partial charge in [-0.25, -0.2) is 4.79 Å². The quantitative estimate of drug-likeness (QED) is 0.502. The van der Waals surface area contributed by atoms with Crippen LogP contribution < -0.4 is 29.2 Å². The van der Waals surface area contributed by atoms with Crippen LogP contribution >= 0.6 is 12.2 Å². The third kappa shape index (κ3) is 4.16. The van der Waals surface area contributed by atoms with E-state index in [4.69, 9.17) is 35.9 Å². The zero-order valence-corrected chi connectivity index (χ0v) is 19.8. The van der Waals surface area contributed by atoms with Gasteiger partial charge in [-0.05, 0) is 44.3 Å². The summed E-state index contributed by atoms with van der Waals surface area (Å²) in [7, 11) is 2.92. The molecule has 0 radical (unpaired) electrons. The summed E-state index contributed by atoms with van der Waals surface area (Å²) in [5.41, 5.74) is 2.50. The smallest absolute Gasteiger partial charge is 0.337 e. The molecule has 2 aromatic rings. The van der Waals surface area contributed by atoms with Crippen LogP contribution in [0.4, 0.5) is 5.69 Å². The Morgan fingerprint density at radius 1 is 1.18 bits per heavy atom. The molecule has 0 fully saturated rings. The lowest BCUT2D eigenvalue weighted by atomic mass is 9.93. The van der Waals surface area contributed by atoms with Gasteiger partial charge in [-0.3, -0.25) is 4.90 Å². The lowest BCUT2D eigenvalue weighted by Crippen LogP contribution is -2.48. The molecule has 0 aliphatic carbocycles. The number of benzene rings is 2. The number of hydrogen-bond acceptors (Lipinski definition) is 7. The Kier molecular flexibility index (Phi) is 6.60. The number of nitrogens with one attached hydrogen (secondary N) is 1. The number of ether oxygens (including phenoxy) is 5. The van der Waals surface area contributed by atoms with Crippen LogP contribution in [0.3, 0.4) is 0 Å². The number of rotatable bonds is 6. The molecular formula is C24H26N2O6S. The van der Waals surface area contributed by atoms with E-state index in [1.54, 1.807) is 12.0 Å². The molecule has 33 heavy (non-hydrogen) atoms. The van der Waals surface area contributed by atoms with Gasteiger partial charge in [0.1, 0.15) is 13.2 Å². The highest BCUT2D eigenvalue weighted by molar-refractivity contribution is 7.80. The number of nitrogens with zero attached hydrogens (tertiary/aromatic N) is 1. The van der Waals surface area contributed by atoms with Crippen molar-refractivity contribution in [1.29, 1.82) is 0 Å². The van der Waals surface area contributed by atoms with Gasteiger partial charge in [-0.15, -0.1) is 0 Å². The number of methoxy groups -OCH3 is 2. The average Bonchev–Trinajstić information content (AvgIpc) is 2.83. The van der Waals surface area contributed by atoms with Gasteiger partial charge in [0.25, 0.3) is 0 Å². The maximum atomic E-state index is 13.0. The number of esters is 1. The molecule has 8 nitrogen and oxygen atoms in total. The molecule has 2 aromatic carbocycles. The number of thiocarbonyl (C=S) groups is 1. The first-order valence-electron chi connectivity index (χ1n) is 10.6. The van der Waals surface area contributed by atoms with Gasteiger partial charge < -0.3 is 29.0 Å². The predicted molar refractivity (Wildman–Crippen MR) is 127 cm³/mol. The Morgan fingerprint density at radius 2 is 1.94 bits per heavy atom. The number of carbonyl (C=O) groups is 1. The normalized spacial score (nSPS) is 17.4. The summed E-state index contributed by atoms with van der Waals surface area (Å²) in [6, 6.07) is 10.5. The number of para-hydroxylation sites is 1. The molecule has 0 saturated carbocycles. The van der Waals surface area contributed by atoms with Crippen molar-refractivity contribution >= 4 is 29.0 Å². The average molecular weight is 471 g/mol. The molecule has 174 valence electrons. The second-order valence-corrected chi connectivity index (χ2v) is 7.73. The van der Waals surface area contributed by atoms with Crippen LogP contribution in [0.1, 0.15) is 25.5 Å². The van der Waals surface area contributed by atoms with E-state index < -0.39 is 12.0 Å². The van der Waals surface area contributed by atoms with Crippen molar-refractivity contribution in [2.24, 2.45) is 0 Å². The second kappa shape index (κ2) is 9.58. The van der Waals surface area contributed by atoms with Gasteiger partial charge in [0.05, 0.1) is 38.1 Å². The van der Waals surface area contributed by atoms with Crippen LogP contribution in [0, 0.1) is 0 Å². The van der Waals surface area contributed by atoms with Crippen LogP contribution in [0.5, 0.6) is 23.0 Å². The van der Waals surface area contributed by atoms with Gasteiger partial charge >= 0.3 is 5.97 Å². The van der Waals surface area contributed by atoms with Crippen molar-refractivity contribution in [3.8, 4) is 23.0 Å². The summed E-state index contributed by atoms with van der Waals surface area (Å²) in [5.74, 6) is 1.94. The molecule has 1 unspecified atom stereocenters. The molecule has 9 heteroatoms. The monoisotopic (exact) mass is 470 g/mol. The van der Waals surface area contributed by atoms with E-state index in [1.807, 2.05) is 50.2 Å². The van der Waals surface area contributed by atoms with Crippen molar-refractivity contribution in [1.82, 2.24) is 5.32 Å². The fourth-order valence-electron chi connectivity index (χ4n) is 4.08. The van der Waals surface area contributed by atoms with Gasteiger partial charge in [0.15, 0.2) is 28.1 Å². The largest absolute Gasteiger partial charge is 0.492 e. The van der Waals surface area contributed by atoms with Crippen LogP contribution in [0.2, 0.25) is 0 Å². The summed E-state index contributed by atoms with van der Waals surface area (Å²) in [5, 5.41) is 3.71. The van der Waals surface area contributed by atoms with Crippen molar-refractivity contribution in [3.63, 3.8) is 0 Å². The summed E-state index contributed by atoms with van der Waals surface area (Å²) < 4.78 is 27.9. The van der Waals surface area contributed by atoms with E-state index >= 15 is 0 Å². The molecule has 0 amide bonds. The molecule has 1 N–H and O–H groups in total. The second-order valence-electron chi connectivity index (χ2n) is 7.35. The molecule has 2 heterocycles. The van der Waals surface area contributed by atoms with Gasteiger partial charge in [0.2, 0.25) is 0 Å². The van der Waals surface area contributed by atoms with Crippen LogP contribution in [0.15, 0.2) is 47.7 Å². The van der Waals surface area contributed by atoms with Gasteiger partial charge in [-0.2, -0.15) is 0 Å². The minimum Gasteiger partial charge on any atom is -0.492 e. The van der Waals surface area contributed by atoms with E-state index in [9.17, 15) is 4.79 Å². The molecule has 0 bridgehead atoms. The lowest BCUT2D eigenvalue weighted by molar-refractivity contribution is -0.136. The van der Waals surface area contributed by atoms with Crippen molar-refractivity contribution in [2.75, 3.05) is 38.9 Å². The third-order valence-corrected chi connectivity index (χ3v) is 5.80. The molecular weight excluding hydrogens is 444 g/mol. The molecule has 0 spiro atoms. The van der Waals surface area contributed by atoms with Crippen molar-refractivity contribution in [3.05, 3.63) is 53.2 Å². The number of carbonyl (C=O) groups excluding carboxylic acids is 1. The molecule has 0 aromatic heterocycles. The first-order valence-corrected chi connectivity index (χ1v) is 11.0. The zero-order valence-electron chi connectivity index (χ0n) is 19.0. The Morgan fingerprint density at radius 3 is 2.64 bits per heavy atom. The van der Waals surface area contributed by atoms with Crippen LogP contribution in [-0.4, -0.2) is 45.1 Å². The van der Waals surface area contributed by atoms with Crippen molar-refractivity contribution < 1.29 is 28.5 Å². The van der Waals surface area contributed by atoms with Crippen LogP contribution in [-0.2, 0) is 9.53 Å². The van der Waals surface area contributed by atoms with E-state index in [-0.39, 0.29) is 0 Å². The third-order valence-electron chi connectivity index (χ3n) is 5.50. The van der Waals surface area contributed by atoms with E-state index in [1.165, 1.54) is 7.11 Å². The van der Waals surface area contributed by atoms with E-state index in [0.29, 0.717) is 64.8 Å². The van der Waals surface area contributed by atoms with Crippen molar-refractivity contribution in [2.45, 2.75) is 19.9 Å². The predicted octanol–water partition coefficient (Wildman–Crippen LogP) is 3.75. The summed E-state index contributed by atoms with van der Waals surface area (Å²) in [6.45, 7) is 5.19. The molecule has 1 atom stereocenters. The molecule has 2 aliphatic heterocycles. The number of fused-ring (bicyclic) bond motifs is 1. The summed E-state index contributed by atoms with van der Waals surface area (Å²) >= 11 is 5.74. The zero-order chi connectivity index (χ0) is 23.5. The lowest BCUT2D eigenvalue weighted by Gasteiger charge is -2.38. The Hall–Kier alpha value is -3.46. The highest BCUT2D eigenvalue weighted by Gasteiger charge is 2.37. The minimum absolute atomic E-state index is 0.410. The van der Waals surface area contributed by atoms with Gasteiger partial charge in [0, 0.05) is 17.3 Å². The maximum absolute atomic E-state index is 13.0. The topological polar surface area (TPSA) is 78.5 Å². The van der Waals surface area contributed by atoms with E-state index in [0.717, 1.165) is 5.69 Å². The molecule has 2 aliphatic rings. The minimum atomic E-state index is -0.589. The molecule has 4 rings (SSSR count). The van der Waals surface area contributed by atoms with E-state index in [2.05, 4.69) is 5.32 Å². The Bertz CT molecular complexity index is 1120. The number of hydrogen-bond donors (Lipinski definition) is 1. The number of allylic oxidation sites excluding steroid dienone is 1. The first-order chi connectivity index (χ1) is 16.0. The van der Waals surface area contributed by atoms with Crippen LogP contribution in [0.25, 0.3) is 0 Å². The maximum Gasteiger partial charge on any atom is 0.337 e. The van der Waals surface area contributed by atoms with Gasteiger partial charge in [-0.1, -0.05) is 12.1 Å². The standard InChI is InChI=1S/C24H26N2O6S/c1-5-30-18-8-6-7-16(22(18)28-3)21-20(23(27)29-4)14(2)26(24(33)25-21)15-9-10-17-19(13-15)32-12-11-31-17/h6-10,13,21H,5,11-12H2,1-4H3,(H,25,33). The fourth-order valence-corrected chi connectivity index (χ4v) is 4.44. The Balaban J connectivity index is 1.83. The Labute approximate surface area is 198 Å². The first kappa shape index (κ1) is 22.7. The fraction of sp³-hybridized carbons (Fsp3) is 0.333. The molecule has 0 saturated heterocycles. The highest BCUT2D eigenvalue weighted by atomic mass is 32.1. The highest BCUT2D eigenvalue weighted by Crippen LogP contribution is 2.42. The number of anilines is 1.